The summed E-state index contributed by atoms with van der Waals surface area (Å²) in [5, 5.41) is 3.65. The molecule has 2 heterocycles. The van der Waals surface area contributed by atoms with Crippen LogP contribution in [0.25, 0.3) is 0 Å². The van der Waals surface area contributed by atoms with E-state index in [9.17, 15) is 9.59 Å². The second-order valence-electron chi connectivity index (χ2n) is 5.87. The van der Waals surface area contributed by atoms with Crippen LogP contribution in [0.3, 0.4) is 0 Å². The summed E-state index contributed by atoms with van der Waals surface area (Å²) in [6.45, 7) is 2.35. The van der Waals surface area contributed by atoms with Crippen LogP contribution < -0.4 is 5.32 Å². The molecule has 1 fully saturated rings. The maximum Gasteiger partial charge on any atom is 0.264 e. The highest BCUT2D eigenvalue weighted by Gasteiger charge is 2.30. The van der Waals surface area contributed by atoms with Gasteiger partial charge in [0.25, 0.3) is 5.91 Å². The van der Waals surface area contributed by atoms with E-state index in [1.807, 2.05) is 31.2 Å². The number of hydrogen-bond acceptors (Lipinski definition) is 4. The summed E-state index contributed by atoms with van der Waals surface area (Å²) in [5.74, 6) is 0.167. The van der Waals surface area contributed by atoms with Gasteiger partial charge < -0.3 is 10.2 Å². The van der Waals surface area contributed by atoms with Crippen LogP contribution in [0.5, 0.6) is 0 Å². The molecule has 0 unspecified atom stereocenters. The van der Waals surface area contributed by atoms with Gasteiger partial charge in [0.15, 0.2) is 0 Å². The molecule has 1 aliphatic carbocycles. The van der Waals surface area contributed by atoms with Gasteiger partial charge in [0.2, 0.25) is 5.91 Å². The van der Waals surface area contributed by atoms with Crippen LogP contribution in [-0.4, -0.2) is 28.7 Å². The molecule has 23 heavy (non-hydrogen) atoms. The number of thiophene rings is 1. The molecular weight excluding hydrogens is 310 g/mol. The minimum Gasteiger partial charge on any atom is -0.335 e. The summed E-state index contributed by atoms with van der Waals surface area (Å²) >= 11 is 1.34. The lowest BCUT2D eigenvalue weighted by molar-refractivity contribution is -0.117. The van der Waals surface area contributed by atoms with Crippen LogP contribution in [-0.2, 0) is 11.3 Å². The largest absolute Gasteiger partial charge is 0.335 e. The number of anilines is 1. The number of carbonyl (C=O) groups is 2. The maximum absolute atomic E-state index is 12.6. The monoisotopic (exact) mass is 329 g/mol. The molecule has 0 spiro atoms. The first-order valence-electron chi connectivity index (χ1n) is 7.61. The third-order valence-electron chi connectivity index (χ3n) is 3.78. The van der Waals surface area contributed by atoms with E-state index in [1.54, 1.807) is 18.1 Å². The molecule has 0 atom stereocenters. The van der Waals surface area contributed by atoms with Gasteiger partial charge in [0.1, 0.15) is 0 Å². The fourth-order valence-electron chi connectivity index (χ4n) is 2.30. The average Bonchev–Trinajstić information content (AvgIpc) is 3.32. The molecule has 0 aromatic carbocycles. The topological polar surface area (TPSA) is 62.3 Å². The molecule has 1 N–H and O–H groups in total. The second-order valence-corrected chi connectivity index (χ2v) is 6.92. The Morgan fingerprint density at radius 3 is 2.83 bits per heavy atom. The smallest absolute Gasteiger partial charge is 0.264 e. The average molecular weight is 329 g/mol. The van der Waals surface area contributed by atoms with Crippen molar-refractivity contribution < 1.29 is 9.59 Å². The predicted octanol–water partition coefficient (Wildman–Crippen LogP) is 3.07. The first-order valence-corrected chi connectivity index (χ1v) is 8.43. The highest BCUT2D eigenvalue weighted by Crippen LogP contribution is 2.33. The van der Waals surface area contributed by atoms with E-state index in [1.165, 1.54) is 11.3 Å². The fraction of sp³-hybridized carbons (Fsp3) is 0.353. The van der Waals surface area contributed by atoms with Gasteiger partial charge in [-0.1, -0.05) is 6.07 Å². The predicted molar refractivity (Wildman–Crippen MR) is 90.4 cm³/mol. The minimum absolute atomic E-state index is 0.0509. The lowest BCUT2D eigenvalue weighted by Crippen LogP contribution is -2.26. The van der Waals surface area contributed by atoms with Gasteiger partial charge in [0.05, 0.1) is 22.1 Å². The van der Waals surface area contributed by atoms with Crippen molar-refractivity contribution >= 4 is 28.2 Å². The first kappa shape index (κ1) is 15.7. The van der Waals surface area contributed by atoms with Gasteiger partial charge in [-0.2, -0.15) is 0 Å². The quantitative estimate of drug-likeness (QED) is 0.917. The summed E-state index contributed by atoms with van der Waals surface area (Å²) in [7, 11) is 1.76. The number of aryl methyl sites for hydroxylation is 1. The first-order chi connectivity index (χ1) is 11.0. The van der Waals surface area contributed by atoms with Crippen molar-refractivity contribution in [3.63, 3.8) is 0 Å². The van der Waals surface area contributed by atoms with Crippen molar-refractivity contribution in [1.29, 1.82) is 0 Å². The highest BCUT2D eigenvalue weighted by atomic mass is 32.1. The Hall–Kier alpha value is -2.21. The maximum atomic E-state index is 12.6. The Bertz CT molecular complexity index is 723. The van der Waals surface area contributed by atoms with Crippen LogP contribution in [0.15, 0.2) is 30.5 Å². The van der Waals surface area contributed by atoms with Gasteiger partial charge in [-0.3, -0.25) is 14.6 Å². The number of rotatable bonds is 5. The van der Waals surface area contributed by atoms with Gasteiger partial charge >= 0.3 is 0 Å². The van der Waals surface area contributed by atoms with Gasteiger partial charge in [0, 0.05) is 19.2 Å². The Morgan fingerprint density at radius 1 is 1.39 bits per heavy atom. The molecule has 2 aromatic rings. The van der Waals surface area contributed by atoms with Crippen molar-refractivity contribution in [3.05, 3.63) is 46.6 Å². The van der Waals surface area contributed by atoms with Crippen LogP contribution in [0.2, 0.25) is 0 Å². The fourth-order valence-corrected chi connectivity index (χ4v) is 3.38. The molecule has 6 heteroatoms. The summed E-state index contributed by atoms with van der Waals surface area (Å²) < 4.78 is 0. The third-order valence-corrected chi connectivity index (χ3v) is 4.92. The van der Waals surface area contributed by atoms with Crippen molar-refractivity contribution in [1.82, 2.24) is 9.88 Å². The summed E-state index contributed by atoms with van der Waals surface area (Å²) in [6, 6.07) is 7.52. The zero-order chi connectivity index (χ0) is 16.4. The molecule has 1 saturated carbocycles. The molecule has 2 amide bonds. The highest BCUT2D eigenvalue weighted by molar-refractivity contribution is 7.18. The number of pyridine rings is 1. The van der Waals surface area contributed by atoms with Crippen molar-refractivity contribution in [2.24, 2.45) is 5.92 Å². The number of aromatic nitrogens is 1. The molecule has 1 aliphatic rings. The lowest BCUT2D eigenvalue weighted by Gasteiger charge is -2.16. The zero-order valence-electron chi connectivity index (χ0n) is 13.2. The molecule has 0 saturated heterocycles. The Labute approximate surface area is 139 Å². The lowest BCUT2D eigenvalue weighted by atomic mass is 10.2. The third kappa shape index (κ3) is 3.76. The summed E-state index contributed by atoms with van der Waals surface area (Å²) in [6.07, 6.45) is 3.65. The number of nitrogens with zero attached hydrogens (tertiary/aromatic N) is 2. The normalized spacial score (nSPS) is 13.7. The standard InChI is InChI=1S/C17H19N3O2S/c1-11-9-14(19-16(21)12-6-7-12)23-15(11)17(22)20(2)10-13-5-3-4-8-18-13/h3-5,8-9,12H,6-7,10H2,1-2H3,(H,19,21). The summed E-state index contributed by atoms with van der Waals surface area (Å²) in [4.78, 5) is 31.0. The van der Waals surface area contributed by atoms with Gasteiger partial charge in [-0.05, 0) is 43.5 Å². The van der Waals surface area contributed by atoms with Crippen LogP contribution in [0.4, 0.5) is 5.00 Å². The SMILES string of the molecule is Cc1cc(NC(=O)C2CC2)sc1C(=O)N(C)Cc1ccccn1. The number of hydrogen-bond donors (Lipinski definition) is 1. The molecule has 120 valence electrons. The van der Waals surface area contributed by atoms with E-state index in [0.717, 1.165) is 29.1 Å². The summed E-state index contributed by atoms with van der Waals surface area (Å²) in [5.41, 5.74) is 1.73. The van der Waals surface area contributed by atoms with Crippen LogP contribution >= 0.6 is 11.3 Å². The Balaban J connectivity index is 1.68. The van der Waals surface area contributed by atoms with Gasteiger partial charge in [-0.15, -0.1) is 11.3 Å². The van der Waals surface area contributed by atoms with Crippen molar-refractivity contribution in [2.75, 3.05) is 12.4 Å². The zero-order valence-corrected chi connectivity index (χ0v) is 14.0. The molecule has 2 aromatic heterocycles. The van der Waals surface area contributed by atoms with Crippen LogP contribution in [0.1, 0.15) is 33.8 Å². The Morgan fingerprint density at radius 2 is 2.17 bits per heavy atom. The molecular formula is C17H19N3O2S. The van der Waals surface area contributed by atoms with Gasteiger partial charge in [-0.25, -0.2) is 0 Å². The molecule has 3 rings (SSSR count). The van der Waals surface area contributed by atoms with E-state index >= 15 is 0 Å². The van der Waals surface area contributed by atoms with E-state index in [0.29, 0.717) is 11.4 Å². The minimum atomic E-state index is -0.0509. The Kier molecular flexibility index (Phi) is 4.43. The van der Waals surface area contributed by atoms with E-state index in [4.69, 9.17) is 0 Å². The van der Waals surface area contributed by atoms with Crippen LogP contribution in [0, 0.1) is 12.8 Å². The molecule has 0 radical (unpaired) electrons. The van der Waals surface area contributed by atoms with E-state index < -0.39 is 0 Å². The van der Waals surface area contributed by atoms with E-state index in [-0.39, 0.29) is 17.7 Å². The van der Waals surface area contributed by atoms with Crippen molar-refractivity contribution in [2.45, 2.75) is 26.3 Å². The number of nitrogens with one attached hydrogen (secondary N) is 1. The second kappa shape index (κ2) is 6.50. The molecule has 0 bridgehead atoms. The number of carbonyl (C=O) groups excluding carboxylic acids is 2. The van der Waals surface area contributed by atoms with Crippen molar-refractivity contribution in [3.8, 4) is 0 Å². The number of amides is 2. The molecule has 0 aliphatic heterocycles. The molecule has 5 nitrogen and oxygen atoms in total. The van der Waals surface area contributed by atoms with E-state index in [2.05, 4.69) is 10.3 Å².